The van der Waals surface area contributed by atoms with Crippen LogP contribution in [0.5, 0.6) is 11.5 Å². The normalized spacial score (nSPS) is 24.0. The number of hydrogen-bond acceptors (Lipinski definition) is 4. The standard InChI is InChI=1S/C24H29NO3/c1-2-4-18(5-3-1)19-6-10-21(11-7-19)28-22-12-8-20(9-13-22)25(14-23-16-26-23)15-24-17-27-24/h6-13,18,23-24H,1-5,14-17H2. The molecular formula is C24H29NO3. The summed E-state index contributed by atoms with van der Waals surface area (Å²) in [6, 6.07) is 17.1. The molecule has 2 heterocycles. The predicted molar refractivity (Wildman–Crippen MR) is 110 cm³/mol. The van der Waals surface area contributed by atoms with Crippen molar-refractivity contribution >= 4 is 5.69 Å². The molecule has 5 rings (SSSR count). The second-order valence-electron chi connectivity index (χ2n) is 8.32. The molecule has 0 spiro atoms. The highest BCUT2D eigenvalue weighted by Gasteiger charge is 2.30. The van der Waals surface area contributed by atoms with Gasteiger partial charge in [0.2, 0.25) is 0 Å². The van der Waals surface area contributed by atoms with E-state index in [9.17, 15) is 0 Å². The smallest absolute Gasteiger partial charge is 0.127 e. The van der Waals surface area contributed by atoms with Gasteiger partial charge in [0.25, 0.3) is 0 Å². The SMILES string of the molecule is c1cc(C2CCCCC2)ccc1Oc1ccc(N(CC2CO2)CC2CO2)cc1. The Balaban J connectivity index is 1.21. The van der Waals surface area contributed by atoms with E-state index in [0.717, 1.165) is 43.7 Å². The van der Waals surface area contributed by atoms with Crippen molar-refractivity contribution in [1.82, 2.24) is 0 Å². The van der Waals surface area contributed by atoms with Crippen LogP contribution in [0, 0.1) is 0 Å². The second-order valence-corrected chi connectivity index (χ2v) is 8.32. The van der Waals surface area contributed by atoms with E-state index < -0.39 is 0 Å². The molecule has 1 saturated carbocycles. The molecule has 1 aliphatic carbocycles. The van der Waals surface area contributed by atoms with Gasteiger partial charge in [-0.25, -0.2) is 0 Å². The Morgan fingerprint density at radius 3 is 1.82 bits per heavy atom. The van der Waals surface area contributed by atoms with Gasteiger partial charge in [-0.15, -0.1) is 0 Å². The number of hydrogen-bond donors (Lipinski definition) is 0. The number of ether oxygens (including phenoxy) is 3. The fourth-order valence-corrected chi connectivity index (χ4v) is 4.23. The highest BCUT2D eigenvalue weighted by atomic mass is 16.6. The van der Waals surface area contributed by atoms with Crippen LogP contribution >= 0.6 is 0 Å². The Hall–Kier alpha value is -2.04. The zero-order chi connectivity index (χ0) is 18.8. The average molecular weight is 380 g/mol. The monoisotopic (exact) mass is 379 g/mol. The number of anilines is 1. The van der Waals surface area contributed by atoms with E-state index in [1.165, 1.54) is 43.4 Å². The van der Waals surface area contributed by atoms with Crippen LogP contribution in [-0.2, 0) is 9.47 Å². The maximum atomic E-state index is 6.07. The molecule has 0 bridgehead atoms. The van der Waals surface area contributed by atoms with E-state index in [0.29, 0.717) is 12.2 Å². The summed E-state index contributed by atoms with van der Waals surface area (Å²) in [5.74, 6) is 2.51. The number of benzene rings is 2. The Morgan fingerprint density at radius 2 is 1.29 bits per heavy atom. The van der Waals surface area contributed by atoms with E-state index in [2.05, 4.69) is 53.4 Å². The molecule has 2 atom stereocenters. The fourth-order valence-electron chi connectivity index (χ4n) is 4.23. The quantitative estimate of drug-likeness (QED) is 0.596. The zero-order valence-electron chi connectivity index (χ0n) is 16.4. The van der Waals surface area contributed by atoms with E-state index in [4.69, 9.17) is 14.2 Å². The van der Waals surface area contributed by atoms with Gasteiger partial charge in [-0.1, -0.05) is 31.4 Å². The summed E-state index contributed by atoms with van der Waals surface area (Å²) in [6.07, 6.45) is 7.53. The molecule has 28 heavy (non-hydrogen) atoms. The summed E-state index contributed by atoms with van der Waals surface area (Å²) in [5, 5.41) is 0. The third kappa shape index (κ3) is 4.68. The molecule has 0 N–H and O–H groups in total. The predicted octanol–water partition coefficient (Wildman–Crippen LogP) is 5.13. The summed E-state index contributed by atoms with van der Waals surface area (Å²) < 4.78 is 16.9. The van der Waals surface area contributed by atoms with E-state index in [1.807, 2.05) is 0 Å². The minimum absolute atomic E-state index is 0.373. The zero-order valence-corrected chi connectivity index (χ0v) is 16.4. The van der Waals surface area contributed by atoms with Gasteiger partial charge in [0, 0.05) is 18.8 Å². The topological polar surface area (TPSA) is 37.5 Å². The minimum Gasteiger partial charge on any atom is -0.457 e. The van der Waals surface area contributed by atoms with Crippen molar-refractivity contribution in [2.45, 2.75) is 50.2 Å². The highest BCUT2D eigenvalue weighted by molar-refractivity contribution is 5.50. The summed E-state index contributed by atoms with van der Waals surface area (Å²) in [4.78, 5) is 2.36. The van der Waals surface area contributed by atoms with Crippen molar-refractivity contribution < 1.29 is 14.2 Å². The van der Waals surface area contributed by atoms with Gasteiger partial charge in [-0.3, -0.25) is 0 Å². The molecule has 0 amide bonds. The first-order chi connectivity index (χ1) is 13.8. The minimum atomic E-state index is 0.373. The maximum absolute atomic E-state index is 6.07. The van der Waals surface area contributed by atoms with Crippen LogP contribution in [0.1, 0.15) is 43.6 Å². The Morgan fingerprint density at radius 1 is 0.750 bits per heavy atom. The van der Waals surface area contributed by atoms with Crippen LogP contribution in [-0.4, -0.2) is 38.5 Å². The first-order valence-electron chi connectivity index (χ1n) is 10.7. The van der Waals surface area contributed by atoms with Gasteiger partial charge in [0.15, 0.2) is 0 Å². The second kappa shape index (κ2) is 8.14. The molecule has 148 valence electrons. The molecule has 2 aromatic rings. The van der Waals surface area contributed by atoms with Crippen molar-refractivity contribution in [3.63, 3.8) is 0 Å². The molecular weight excluding hydrogens is 350 g/mol. The van der Waals surface area contributed by atoms with Gasteiger partial charge >= 0.3 is 0 Å². The van der Waals surface area contributed by atoms with Crippen LogP contribution < -0.4 is 9.64 Å². The van der Waals surface area contributed by atoms with Crippen LogP contribution in [0.2, 0.25) is 0 Å². The van der Waals surface area contributed by atoms with Crippen LogP contribution in [0.3, 0.4) is 0 Å². The molecule has 0 radical (unpaired) electrons. The van der Waals surface area contributed by atoms with Crippen LogP contribution in [0.15, 0.2) is 48.5 Å². The summed E-state index contributed by atoms with van der Waals surface area (Å²) in [6.45, 7) is 3.62. The van der Waals surface area contributed by atoms with Gasteiger partial charge in [0.05, 0.1) is 25.4 Å². The third-order valence-corrected chi connectivity index (χ3v) is 6.05. The van der Waals surface area contributed by atoms with E-state index >= 15 is 0 Å². The van der Waals surface area contributed by atoms with Gasteiger partial charge in [-0.2, -0.15) is 0 Å². The molecule has 2 aliphatic heterocycles. The van der Waals surface area contributed by atoms with Crippen molar-refractivity contribution in [2.75, 3.05) is 31.2 Å². The molecule has 0 aromatic heterocycles. The molecule has 4 heteroatoms. The Kier molecular flexibility index (Phi) is 5.24. The van der Waals surface area contributed by atoms with Gasteiger partial charge in [0.1, 0.15) is 11.5 Å². The average Bonchev–Trinajstić information content (AvgIpc) is 3.66. The van der Waals surface area contributed by atoms with Crippen molar-refractivity contribution in [3.05, 3.63) is 54.1 Å². The Labute approximate surface area is 167 Å². The first-order valence-corrected chi connectivity index (χ1v) is 10.7. The lowest BCUT2D eigenvalue weighted by molar-refractivity contribution is 0.389. The van der Waals surface area contributed by atoms with Crippen molar-refractivity contribution in [2.24, 2.45) is 0 Å². The van der Waals surface area contributed by atoms with Gasteiger partial charge < -0.3 is 19.1 Å². The molecule has 3 aliphatic rings. The maximum Gasteiger partial charge on any atom is 0.127 e. The molecule has 3 fully saturated rings. The lowest BCUT2D eigenvalue weighted by Gasteiger charge is -2.23. The van der Waals surface area contributed by atoms with Crippen LogP contribution in [0.25, 0.3) is 0 Å². The van der Waals surface area contributed by atoms with Crippen molar-refractivity contribution in [3.8, 4) is 11.5 Å². The van der Waals surface area contributed by atoms with Crippen LogP contribution in [0.4, 0.5) is 5.69 Å². The summed E-state index contributed by atoms with van der Waals surface area (Å²) in [5.41, 5.74) is 2.66. The van der Waals surface area contributed by atoms with E-state index in [1.54, 1.807) is 0 Å². The third-order valence-electron chi connectivity index (χ3n) is 6.05. The fraction of sp³-hybridized carbons (Fsp3) is 0.500. The number of nitrogens with zero attached hydrogens (tertiary/aromatic N) is 1. The highest BCUT2D eigenvalue weighted by Crippen LogP contribution is 2.34. The van der Waals surface area contributed by atoms with E-state index in [-0.39, 0.29) is 0 Å². The lowest BCUT2D eigenvalue weighted by atomic mass is 9.84. The molecule has 4 nitrogen and oxygen atoms in total. The number of rotatable bonds is 8. The van der Waals surface area contributed by atoms with Gasteiger partial charge in [-0.05, 0) is 60.7 Å². The first kappa shape index (κ1) is 18.0. The molecule has 2 saturated heterocycles. The summed E-state index contributed by atoms with van der Waals surface area (Å²) in [7, 11) is 0. The Bertz CT molecular complexity index is 745. The molecule has 2 aromatic carbocycles. The number of epoxide rings is 2. The molecule has 2 unspecified atom stereocenters. The summed E-state index contributed by atoms with van der Waals surface area (Å²) >= 11 is 0. The largest absolute Gasteiger partial charge is 0.457 e. The lowest BCUT2D eigenvalue weighted by Crippen LogP contribution is -2.31. The van der Waals surface area contributed by atoms with Crippen molar-refractivity contribution in [1.29, 1.82) is 0 Å².